The summed E-state index contributed by atoms with van der Waals surface area (Å²) in [6.45, 7) is 1.78. The Labute approximate surface area is 94.6 Å². The van der Waals surface area contributed by atoms with E-state index < -0.39 is 17.3 Å². The standard InChI is InChI=1S/C10H11BrF3N/c1-9(15,10(2,13)14)7-5-6(11)3-4-8(7)12/h3-5H,15H2,1-2H3/t9-/m1/s1. The molecule has 1 atom stereocenters. The molecule has 0 aromatic heterocycles. The maximum atomic E-state index is 13.4. The molecule has 0 unspecified atom stereocenters. The first-order valence-electron chi connectivity index (χ1n) is 4.28. The van der Waals surface area contributed by atoms with Gasteiger partial charge >= 0.3 is 0 Å². The third kappa shape index (κ3) is 2.34. The van der Waals surface area contributed by atoms with Crippen molar-refractivity contribution in [1.29, 1.82) is 0 Å². The summed E-state index contributed by atoms with van der Waals surface area (Å²) in [5, 5.41) is 0. The van der Waals surface area contributed by atoms with Crippen LogP contribution in [-0.4, -0.2) is 5.92 Å². The number of benzene rings is 1. The Morgan fingerprint density at radius 3 is 2.27 bits per heavy atom. The van der Waals surface area contributed by atoms with E-state index >= 15 is 0 Å². The lowest BCUT2D eigenvalue weighted by Crippen LogP contribution is -2.49. The molecule has 1 rings (SSSR count). The summed E-state index contributed by atoms with van der Waals surface area (Å²) in [6.07, 6.45) is 0. The summed E-state index contributed by atoms with van der Waals surface area (Å²) in [5.74, 6) is -3.93. The van der Waals surface area contributed by atoms with Crippen LogP contribution in [0.2, 0.25) is 0 Å². The van der Waals surface area contributed by atoms with Gasteiger partial charge in [-0.1, -0.05) is 15.9 Å². The zero-order valence-corrected chi connectivity index (χ0v) is 9.91. The fraction of sp³-hybridized carbons (Fsp3) is 0.400. The first kappa shape index (κ1) is 12.5. The topological polar surface area (TPSA) is 26.0 Å². The Morgan fingerprint density at radius 2 is 1.80 bits per heavy atom. The molecule has 0 saturated heterocycles. The van der Waals surface area contributed by atoms with Gasteiger partial charge in [-0.25, -0.2) is 13.2 Å². The molecule has 5 heteroatoms. The van der Waals surface area contributed by atoms with Crippen LogP contribution in [0.5, 0.6) is 0 Å². The second-order valence-electron chi connectivity index (χ2n) is 3.71. The van der Waals surface area contributed by atoms with Gasteiger partial charge in [0.1, 0.15) is 11.4 Å². The minimum atomic E-state index is -3.20. The van der Waals surface area contributed by atoms with E-state index in [9.17, 15) is 13.2 Å². The lowest BCUT2D eigenvalue weighted by atomic mass is 9.87. The van der Waals surface area contributed by atoms with E-state index in [2.05, 4.69) is 15.9 Å². The Kier molecular flexibility index (Phi) is 3.16. The SMILES string of the molecule is CC(F)(F)[C@](C)(N)c1cc(Br)ccc1F. The quantitative estimate of drug-likeness (QED) is 0.883. The number of hydrogen-bond donors (Lipinski definition) is 1. The third-order valence-electron chi connectivity index (χ3n) is 2.40. The number of hydrogen-bond acceptors (Lipinski definition) is 1. The average Bonchev–Trinajstić information content (AvgIpc) is 2.07. The lowest BCUT2D eigenvalue weighted by molar-refractivity contribution is -0.0536. The fourth-order valence-corrected chi connectivity index (χ4v) is 1.49. The molecule has 1 aromatic rings. The number of rotatable bonds is 2. The maximum absolute atomic E-state index is 13.4. The van der Waals surface area contributed by atoms with Crippen molar-refractivity contribution in [3.05, 3.63) is 34.1 Å². The van der Waals surface area contributed by atoms with Gasteiger partial charge in [0, 0.05) is 17.0 Å². The second-order valence-corrected chi connectivity index (χ2v) is 4.63. The zero-order valence-electron chi connectivity index (χ0n) is 8.32. The van der Waals surface area contributed by atoms with Crippen LogP contribution in [0.25, 0.3) is 0 Å². The van der Waals surface area contributed by atoms with E-state index in [1.54, 1.807) is 0 Å². The van der Waals surface area contributed by atoms with Crippen LogP contribution in [0.15, 0.2) is 22.7 Å². The van der Waals surface area contributed by atoms with Crippen LogP contribution in [0.3, 0.4) is 0 Å². The predicted molar refractivity (Wildman–Crippen MR) is 56.3 cm³/mol. The van der Waals surface area contributed by atoms with Crippen LogP contribution < -0.4 is 5.73 Å². The maximum Gasteiger partial charge on any atom is 0.266 e. The van der Waals surface area contributed by atoms with Crippen LogP contribution in [0.4, 0.5) is 13.2 Å². The van der Waals surface area contributed by atoms with Crippen molar-refractivity contribution in [2.24, 2.45) is 5.73 Å². The Balaban J connectivity index is 3.32. The lowest BCUT2D eigenvalue weighted by Gasteiger charge is -2.32. The molecule has 0 fully saturated rings. The highest BCUT2D eigenvalue weighted by molar-refractivity contribution is 9.10. The molecule has 84 valence electrons. The van der Waals surface area contributed by atoms with Crippen LogP contribution in [-0.2, 0) is 5.54 Å². The molecule has 15 heavy (non-hydrogen) atoms. The van der Waals surface area contributed by atoms with Crippen LogP contribution in [0, 0.1) is 5.82 Å². The molecule has 0 amide bonds. The number of halogens is 4. The van der Waals surface area contributed by atoms with Gasteiger partial charge in [-0.2, -0.15) is 0 Å². The average molecular weight is 282 g/mol. The summed E-state index contributed by atoms with van der Waals surface area (Å²) in [4.78, 5) is 0. The third-order valence-corrected chi connectivity index (χ3v) is 2.89. The zero-order chi connectivity index (χ0) is 11.9. The van der Waals surface area contributed by atoms with Crippen LogP contribution >= 0.6 is 15.9 Å². The van der Waals surface area contributed by atoms with E-state index in [0.29, 0.717) is 11.4 Å². The first-order valence-corrected chi connectivity index (χ1v) is 5.08. The Bertz CT molecular complexity index is 371. The van der Waals surface area contributed by atoms with Crippen molar-refractivity contribution in [3.63, 3.8) is 0 Å². The van der Waals surface area contributed by atoms with Crippen molar-refractivity contribution in [3.8, 4) is 0 Å². The normalized spacial score (nSPS) is 16.2. The predicted octanol–water partition coefficient (Wildman–Crippen LogP) is 3.42. The van der Waals surface area contributed by atoms with Crippen molar-refractivity contribution < 1.29 is 13.2 Å². The highest BCUT2D eigenvalue weighted by Gasteiger charge is 2.45. The molecular weight excluding hydrogens is 271 g/mol. The molecule has 0 bridgehead atoms. The molecule has 0 spiro atoms. The summed E-state index contributed by atoms with van der Waals surface area (Å²) in [7, 11) is 0. The summed E-state index contributed by atoms with van der Waals surface area (Å²) < 4.78 is 40.3. The minimum absolute atomic E-state index is 0.204. The van der Waals surface area contributed by atoms with Crippen molar-refractivity contribution in [2.75, 3.05) is 0 Å². The highest BCUT2D eigenvalue weighted by atomic mass is 79.9. The smallest absolute Gasteiger partial charge is 0.266 e. The number of nitrogens with two attached hydrogens (primary N) is 1. The number of alkyl halides is 2. The first-order chi connectivity index (χ1) is 6.66. The summed E-state index contributed by atoms with van der Waals surface area (Å²) >= 11 is 3.09. The van der Waals surface area contributed by atoms with Gasteiger partial charge in [0.05, 0.1) is 0 Å². The Morgan fingerprint density at radius 1 is 1.27 bits per heavy atom. The minimum Gasteiger partial charge on any atom is -0.317 e. The summed E-state index contributed by atoms with van der Waals surface area (Å²) in [6, 6.07) is 3.81. The van der Waals surface area contributed by atoms with E-state index in [-0.39, 0.29) is 5.56 Å². The van der Waals surface area contributed by atoms with Gasteiger partial charge < -0.3 is 5.73 Å². The van der Waals surface area contributed by atoms with Crippen LogP contribution in [0.1, 0.15) is 19.4 Å². The molecule has 1 aromatic carbocycles. The molecule has 0 saturated carbocycles. The van der Waals surface area contributed by atoms with Gasteiger partial charge in [0.25, 0.3) is 5.92 Å². The molecule has 1 nitrogen and oxygen atoms in total. The van der Waals surface area contributed by atoms with Crippen molar-refractivity contribution in [1.82, 2.24) is 0 Å². The second kappa shape index (κ2) is 3.79. The van der Waals surface area contributed by atoms with Crippen molar-refractivity contribution >= 4 is 15.9 Å². The largest absolute Gasteiger partial charge is 0.317 e. The van der Waals surface area contributed by atoms with Gasteiger partial charge in [0.15, 0.2) is 0 Å². The molecule has 0 heterocycles. The van der Waals surface area contributed by atoms with E-state index in [1.807, 2.05) is 0 Å². The van der Waals surface area contributed by atoms with E-state index in [1.165, 1.54) is 12.1 Å². The molecular formula is C10H11BrF3N. The van der Waals surface area contributed by atoms with Gasteiger partial charge in [0.2, 0.25) is 0 Å². The summed E-state index contributed by atoms with van der Waals surface area (Å²) in [5.41, 5.74) is 3.24. The fourth-order valence-electron chi connectivity index (χ4n) is 1.13. The van der Waals surface area contributed by atoms with Gasteiger partial charge in [-0.05, 0) is 25.1 Å². The molecule has 0 aliphatic heterocycles. The Hall–Kier alpha value is -0.550. The molecule has 2 N–H and O–H groups in total. The van der Waals surface area contributed by atoms with E-state index in [0.717, 1.165) is 13.0 Å². The molecule has 0 radical (unpaired) electrons. The highest BCUT2D eigenvalue weighted by Crippen LogP contribution is 2.36. The van der Waals surface area contributed by atoms with Gasteiger partial charge in [-0.15, -0.1) is 0 Å². The van der Waals surface area contributed by atoms with Gasteiger partial charge in [-0.3, -0.25) is 0 Å². The van der Waals surface area contributed by atoms with Crippen molar-refractivity contribution in [2.45, 2.75) is 25.3 Å². The molecule has 0 aliphatic carbocycles. The monoisotopic (exact) mass is 281 g/mol. The van der Waals surface area contributed by atoms with E-state index in [4.69, 9.17) is 5.73 Å². The molecule has 0 aliphatic rings.